The van der Waals surface area contributed by atoms with Crippen molar-refractivity contribution in [3.8, 4) is 5.75 Å². The van der Waals surface area contributed by atoms with Gasteiger partial charge in [0, 0.05) is 10.6 Å². The number of amidine groups is 1. The molecule has 0 fully saturated rings. The molecule has 6 heteroatoms. The first-order chi connectivity index (χ1) is 13.0. The highest BCUT2D eigenvalue weighted by atomic mass is 35.5. The number of hydrogen-bond acceptors (Lipinski definition) is 4. The van der Waals surface area contributed by atoms with Crippen LogP contribution in [-0.2, 0) is 9.63 Å². The predicted molar refractivity (Wildman–Crippen MR) is 107 cm³/mol. The van der Waals surface area contributed by atoms with Crippen LogP contribution < -0.4 is 10.5 Å². The Hall–Kier alpha value is -3.05. The molecule has 0 radical (unpaired) electrons. The Bertz CT molecular complexity index is 1000. The zero-order chi connectivity index (χ0) is 19.4. The predicted octanol–water partition coefficient (Wildman–Crippen LogP) is 4.47. The molecule has 138 valence electrons. The third-order valence-corrected chi connectivity index (χ3v) is 4.55. The normalized spacial score (nSPS) is 12.6. The summed E-state index contributed by atoms with van der Waals surface area (Å²) in [6, 6.07) is 18.3. The third kappa shape index (κ3) is 4.38. The van der Waals surface area contributed by atoms with E-state index >= 15 is 0 Å². The molecule has 0 heterocycles. The molecular weight excluding hydrogens is 364 g/mol. The third-order valence-electron chi connectivity index (χ3n) is 4.30. The van der Waals surface area contributed by atoms with Gasteiger partial charge in [-0.3, -0.25) is 0 Å². The number of rotatable bonds is 5. The minimum atomic E-state index is -0.488. The lowest BCUT2D eigenvalue weighted by atomic mass is 9.98. The quantitative estimate of drug-likeness (QED) is 0.306. The van der Waals surface area contributed by atoms with Gasteiger partial charge in [0.1, 0.15) is 5.75 Å². The largest absolute Gasteiger partial charge is 0.497 e. The van der Waals surface area contributed by atoms with E-state index in [1.54, 1.807) is 38.3 Å². The second kappa shape index (κ2) is 8.10. The van der Waals surface area contributed by atoms with Crippen LogP contribution in [0.3, 0.4) is 0 Å². The maximum Gasteiger partial charge on any atom is 0.342 e. The fraction of sp³-hybridized carbons (Fsp3) is 0.143. The second-order valence-corrected chi connectivity index (χ2v) is 6.52. The highest BCUT2D eigenvalue weighted by Gasteiger charge is 2.18. The highest BCUT2D eigenvalue weighted by molar-refractivity contribution is 6.30. The summed E-state index contributed by atoms with van der Waals surface area (Å²) < 4.78 is 5.23. The first-order valence-corrected chi connectivity index (χ1v) is 8.73. The van der Waals surface area contributed by atoms with Crippen LogP contribution >= 0.6 is 11.6 Å². The van der Waals surface area contributed by atoms with Crippen molar-refractivity contribution in [2.45, 2.75) is 12.8 Å². The number of oxime groups is 1. The van der Waals surface area contributed by atoms with Crippen LogP contribution in [0.5, 0.6) is 5.75 Å². The molecule has 3 aromatic rings. The smallest absolute Gasteiger partial charge is 0.342 e. The van der Waals surface area contributed by atoms with Gasteiger partial charge in [0.05, 0.1) is 13.0 Å². The van der Waals surface area contributed by atoms with E-state index < -0.39 is 11.9 Å². The van der Waals surface area contributed by atoms with Crippen LogP contribution in [0.1, 0.15) is 24.0 Å². The van der Waals surface area contributed by atoms with Crippen molar-refractivity contribution < 1.29 is 14.4 Å². The van der Waals surface area contributed by atoms with Gasteiger partial charge >= 0.3 is 5.97 Å². The zero-order valence-corrected chi connectivity index (χ0v) is 15.7. The Balaban J connectivity index is 1.73. The van der Waals surface area contributed by atoms with E-state index in [0.29, 0.717) is 10.6 Å². The second-order valence-electron chi connectivity index (χ2n) is 6.09. The van der Waals surface area contributed by atoms with Gasteiger partial charge in [-0.25, -0.2) is 4.79 Å². The molecule has 0 aliphatic carbocycles. The fourth-order valence-corrected chi connectivity index (χ4v) is 2.75. The number of fused-ring (bicyclic) bond motifs is 1. The summed E-state index contributed by atoms with van der Waals surface area (Å²) in [5.74, 6) is -0.0782. The maximum absolute atomic E-state index is 12.3. The lowest BCUT2D eigenvalue weighted by Crippen LogP contribution is -2.17. The van der Waals surface area contributed by atoms with Crippen molar-refractivity contribution in [1.82, 2.24) is 0 Å². The van der Waals surface area contributed by atoms with Gasteiger partial charge in [-0.05, 0) is 59.7 Å². The Morgan fingerprint density at radius 2 is 1.70 bits per heavy atom. The number of nitrogens with two attached hydrogens (primary N) is 1. The molecular formula is C21H19ClN2O3. The summed E-state index contributed by atoms with van der Waals surface area (Å²) in [7, 11) is 1.63. The van der Waals surface area contributed by atoms with Crippen LogP contribution in [0.25, 0.3) is 10.8 Å². The summed E-state index contributed by atoms with van der Waals surface area (Å²) in [4.78, 5) is 17.4. The van der Waals surface area contributed by atoms with Crippen molar-refractivity contribution in [2.24, 2.45) is 10.9 Å². The molecule has 3 rings (SSSR count). The molecule has 0 aliphatic heterocycles. The van der Waals surface area contributed by atoms with Crippen LogP contribution in [0.15, 0.2) is 65.8 Å². The van der Waals surface area contributed by atoms with E-state index in [9.17, 15) is 4.79 Å². The number of halogens is 1. The average molecular weight is 383 g/mol. The molecule has 0 spiro atoms. The van der Waals surface area contributed by atoms with Crippen LogP contribution in [0.4, 0.5) is 0 Å². The van der Waals surface area contributed by atoms with Gasteiger partial charge in [-0.2, -0.15) is 0 Å². The molecule has 3 aromatic carbocycles. The molecule has 0 saturated heterocycles. The Morgan fingerprint density at radius 1 is 1.04 bits per heavy atom. The van der Waals surface area contributed by atoms with E-state index in [2.05, 4.69) is 5.16 Å². The molecule has 27 heavy (non-hydrogen) atoms. The summed E-state index contributed by atoms with van der Waals surface area (Å²) in [6.07, 6.45) is 0. The van der Waals surface area contributed by atoms with E-state index in [1.165, 1.54) is 0 Å². The topological polar surface area (TPSA) is 73.9 Å². The number of benzene rings is 3. The number of ether oxygens (including phenoxy) is 1. The maximum atomic E-state index is 12.3. The molecule has 0 aromatic heterocycles. The molecule has 0 bridgehead atoms. The number of carbonyl (C=O) groups excluding carboxylic acids is 1. The van der Waals surface area contributed by atoms with Gasteiger partial charge in [-0.15, -0.1) is 0 Å². The van der Waals surface area contributed by atoms with Gasteiger partial charge in [0.25, 0.3) is 0 Å². The Morgan fingerprint density at radius 3 is 2.41 bits per heavy atom. The highest BCUT2D eigenvalue weighted by Crippen LogP contribution is 2.25. The molecule has 0 saturated carbocycles. The molecule has 5 nitrogen and oxygen atoms in total. The van der Waals surface area contributed by atoms with Crippen molar-refractivity contribution in [3.63, 3.8) is 0 Å². The summed E-state index contributed by atoms with van der Waals surface area (Å²) in [5.41, 5.74) is 7.31. The minimum Gasteiger partial charge on any atom is -0.497 e. The van der Waals surface area contributed by atoms with Gasteiger partial charge in [0.2, 0.25) is 0 Å². The number of nitrogens with zero attached hydrogens (tertiary/aromatic N) is 1. The number of methoxy groups -OCH3 is 1. The van der Waals surface area contributed by atoms with Crippen LogP contribution in [0, 0.1) is 0 Å². The Labute approximate surface area is 162 Å². The van der Waals surface area contributed by atoms with E-state index in [1.807, 2.05) is 36.4 Å². The molecule has 0 amide bonds. The van der Waals surface area contributed by atoms with Crippen molar-refractivity contribution in [3.05, 3.63) is 76.8 Å². The van der Waals surface area contributed by atoms with E-state index in [4.69, 9.17) is 26.9 Å². The molecule has 0 aliphatic rings. The summed E-state index contributed by atoms with van der Waals surface area (Å²) in [5, 5.41) is 6.37. The number of hydrogen-bond donors (Lipinski definition) is 1. The van der Waals surface area contributed by atoms with E-state index in [-0.39, 0.29) is 5.84 Å². The van der Waals surface area contributed by atoms with Crippen molar-refractivity contribution >= 4 is 34.2 Å². The first-order valence-electron chi connectivity index (χ1n) is 8.36. The monoisotopic (exact) mass is 382 g/mol. The zero-order valence-electron chi connectivity index (χ0n) is 15.0. The lowest BCUT2D eigenvalue weighted by Gasteiger charge is -2.11. The lowest BCUT2D eigenvalue weighted by molar-refractivity contribution is -0.145. The number of carbonyl (C=O) groups is 1. The first kappa shape index (κ1) is 18.7. The van der Waals surface area contributed by atoms with Gasteiger partial charge < -0.3 is 15.3 Å². The average Bonchev–Trinajstić information content (AvgIpc) is 2.70. The van der Waals surface area contributed by atoms with Crippen LogP contribution in [0.2, 0.25) is 5.02 Å². The minimum absolute atomic E-state index is 0.109. The summed E-state index contributed by atoms with van der Waals surface area (Å²) >= 11 is 5.84. The summed E-state index contributed by atoms with van der Waals surface area (Å²) in [6.45, 7) is 1.76. The molecule has 1 unspecified atom stereocenters. The van der Waals surface area contributed by atoms with Gasteiger partial charge in [-0.1, -0.05) is 41.0 Å². The SMILES string of the molecule is COc1ccc2cc(C(C)C(=O)O/N=C(\N)c3ccc(Cl)cc3)ccc2c1. The van der Waals surface area contributed by atoms with Gasteiger partial charge in [0.15, 0.2) is 5.84 Å². The Kier molecular flexibility index (Phi) is 5.62. The standard InChI is InChI=1S/C21H19ClN2O3/c1-13(15-3-4-17-12-19(26-2)10-7-16(17)11-15)21(25)27-24-20(23)14-5-8-18(22)9-6-14/h3-13H,1-2H3,(H2,23,24). The van der Waals surface area contributed by atoms with Crippen molar-refractivity contribution in [1.29, 1.82) is 0 Å². The molecule has 2 N–H and O–H groups in total. The molecule has 1 atom stereocenters. The van der Waals surface area contributed by atoms with E-state index in [0.717, 1.165) is 22.1 Å². The van der Waals surface area contributed by atoms with Crippen LogP contribution in [-0.4, -0.2) is 18.9 Å². The fourth-order valence-electron chi connectivity index (χ4n) is 2.62. The van der Waals surface area contributed by atoms with Crippen molar-refractivity contribution in [2.75, 3.05) is 7.11 Å².